The Balaban J connectivity index is 1.69. The summed E-state index contributed by atoms with van der Waals surface area (Å²) < 4.78 is 9.91. The Morgan fingerprint density at radius 1 is 1.08 bits per heavy atom. The number of nitrogens with one attached hydrogen (secondary N) is 1. The van der Waals surface area contributed by atoms with Gasteiger partial charge >= 0.3 is 5.97 Å². The van der Waals surface area contributed by atoms with Crippen LogP contribution in [0.4, 0.5) is 0 Å². The van der Waals surface area contributed by atoms with E-state index in [2.05, 4.69) is 4.98 Å². The predicted octanol–water partition coefficient (Wildman–Crippen LogP) is 1.61. The van der Waals surface area contributed by atoms with Crippen LogP contribution in [0.2, 0.25) is 0 Å². The molecule has 1 aliphatic rings. The monoisotopic (exact) mass is 359 g/mol. The molecule has 0 bridgehead atoms. The van der Waals surface area contributed by atoms with E-state index in [0.717, 1.165) is 0 Å². The summed E-state index contributed by atoms with van der Waals surface area (Å²) in [4.78, 5) is 43.3. The standard InChI is InChI=1S/C18H21N3O5/c1-11-14(18(24)25-3)12(2)19-15(11)17(23)21-8-6-20(7-9-21)16(22)13-5-4-10-26-13/h4-5,10,19H,6-9H2,1-3H3. The van der Waals surface area contributed by atoms with E-state index in [9.17, 15) is 14.4 Å². The second-order valence-electron chi connectivity index (χ2n) is 6.18. The van der Waals surface area contributed by atoms with Crippen molar-refractivity contribution in [3.05, 3.63) is 46.7 Å². The minimum Gasteiger partial charge on any atom is -0.465 e. The van der Waals surface area contributed by atoms with Crippen LogP contribution in [0.25, 0.3) is 0 Å². The Morgan fingerprint density at radius 2 is 1.69 bits per heavy atom. The maximum atomic E-state index is 12.8. The van der Waals surface area contributed by atoms with Crippen LogP contribution in [0, 0.1) is 13.8 Å². The van der Waals surface area contributed by atoms with E-state index in [1.54, 1.807) is 35.8 Å². The molecular formula is C18H21N3O5. The second-order valence-corrected chi connectivity index (χ2v) is 6.18. The van der Waals surface area contributed by atoms with Crippen molar-refractivity contribution >= 4 is 17.8 Å². The van der Waals surface area contributed by atoms with Gasteiger partial charge in [-0.25, -0.2) is 4.79 Å². The van der Waals surface area contributed by atoms with Crippen molar-refractivity contribution in [3.8, 4) is 0 Å². The Kier molecular flexibility index (Phi) is 4.83. The highest BCUT2D eigenvalue weighted by Gasteiger charge is 2.29. The third kappa shape index (κ3) is 3.10. The lowest BCUT2D eigenvalue weighted by molar-refractivity contribution is 0.0515. The molecule has 0 atom stereocenters. The number of hydrogen-bond donors (Lipinski definition) is 1. The molecule has 1 saturated heterocycles. The fourth-order valence-corrected chi connectivity index (χ4v) is 3.20. The minimum atomic E-state index is -0.468. The number of aromatic nitrogens is 1. The zero-order valence-corrected chi connectivity index (χ0v) is 15.0. The summed E-state index contributed by atoms with van der Waals surface area (Å²) in [6, 6.07) is 3.29. The molecule has 1 N–H and O–H groups in total. The Hall–Kier alpha value is -3.03. The number of ether oxygens (including phenoxy) is 1. The molecular weight excluding hydrogens is 338 g/mol. The number of aryl methyl sites for hydroxylation is 1. The maximum Gasteiger partial charge on any atom is 0.339 e. The van der Waals surface area contributed by atoms with Crippen molar-refractivity contribution < 1.29 is 23.5 Å². The quantitative estimate of drug-likeness (QED) is 0.840. The van der Waals surface area contributed by atoms with Crippen molar-refractivity contribution in [3.63, 3.8) is 0 Å². The van der Waals surface area contributed by atoms with Crippen LogP contribution >= 0.6 is 0 Å². The highest BCUT2D eigenvalue weighted by Crippen LogP contribution is 2.21. The first-order chi connectivity index (χ1) is 12.4. The van der Waals surface area contributed by atoms with Crippen LogP contribution in [0.3, 0.4) is 0 Å². The van der Waals surface area contributed by atoms with Gasteiger partial charge in [-0.05, 0) is 31.5 Å². The third-order valence-electron chi connectivity index (χ3n) is 4.63. The number of amides is 2. The van der Waals surface area contributed by atoms with Gasteiger partial charge in [-0.2, -0.15) is 0 Å². The van der Waals surface area contributed by atoms with Gasteiger partial charge in [-0.1, -0.05) is 0 Å². The minimum absolute atomic E-state index is 0.179. The molecule has 1 fully saturated rings. The molecule has 2 aromatic heterocycles. The molecule has 2 aromatic rings. The molecule has 8 heteroatoms. The van der Waals surface area contributed by atoms with E-state index < -0.39 is 5.97 Å². The number of carbonyl (C=O) groups is 3. The van der Waals surface area contributed by atoms with Crippen molar-refractivity contribution in [2.24, 2.45) is 0 Å². The molecule has 1 aliphatic heterocycles. The van der Waals surface area contributed by atoms with E-state index in [1.165, 1.54) is 13.4 Å². The SMILES string of the molecule is COC(=O)c1c(C)[nH]c(C(=O)N2CCN(C(=O)c3ccco3)CC2)c1C. The molecule has 8 nitrogen and oxygen atoms in total. The predicted molar refractivity (Wildman–Crippen MR) is 92.1 cm³/mol. The van der Waals surface area contributed by atoms with Gasteiger partial charge in [0.2, 0.25) is 0 Å². The number of nitrogens with zero attached hydrogens (tertiary/aromatic N) is 2. The number of carbonyl (C=O) groups excluding carboxylic acids is 3. The van der Waals surface area contributed by atoms with Gasteiger partial charge in [0.1, 0.15) is 5.69 Å². The number of piperazine rings is 1. The Bertz CT molecular complexity index is 829. The summed E-state index contributed by atoms with van der Waals surface area (Å²) in [5.41, 5.74) is 1.95. The van der Waals surface area contributed by atoms with E-state index in [-0.39, 0.29) is 11.8 Å². The second kappa shape index (κ2) is 7.07. The normalized spacial score (nSPS) is 14.4. The zero-order chi connectivity index (χ0) is 18.8. The number of H-pyrrole nitrogens is 1. The first-order valence-electron chi connectivity index (χ1n) is 8.33. The van der Waals surface area contributed by atoms with Crippen molar-refractivity contribution in [2.75, 3.05) is 33.3 Å². The van der Waals surface area contributed by atoms with E-state index >= 15 is 0 Å². The molecule has 0 spiro atoms. The van der Waals surface area contributed by atoms with Gasteiger partial charge in [0, 0.05) is 31.9 Å². The Morgan fingerprint density at radius 3 is 2.23 bits per heavy atom. The van der Waals surface area contributed by atoms with Crippen molar-refractivity contribution in [1.29, 1.82) is 0 Å². The van der Waals surface area contributed by atoms with Crippen LogP contribution in [0.1, 0.15) is 42.7 Å². The lowest BCUT2D eigenvalue weighted by atomic mass is 10.1. The van der Waals surface area contributed by atoms with Crippen LogP contribution < -0.4 is 0 Å². The van der Waals surface area contributed by atoms with Crippen LogP contribution in [0.15, 0.2) is 22.8 Å². The van der Waals surface area contributed by atoms with Crippen molar-refractivity contribution in [2.45, 2.75) is 13.8 Å². The largest absolute Gasteiger partial charge is 0.465 e. The van der Waals surface area contributed by atoms with E-state index in [1.807, 2.05) is 0 Å². The molecule has 138 valence electrons. The average Bonchev–Trinajstić information content (AvgIpc) is 3.28. The maximum absolute atomic E-state index is 12.8. The summed E-state index contributed by atoms with van der Waals surface area (Å²) >= 11 is 0. The first kappa shape index (κ1) is 17.8. The number of hydrogen-bond acceptors (Lipinski definition) is 5. The molecule has 2 amide bonds. The molecule has 3 heterocycles. The average molecular weight is 359 g/mol. The fourth-order valence-electron chi connectivity index (χ4n) is 3.20. The summed E-state index contributed by atoms with van der Waals surface area (Å²) in [6.45, 7) is 5.13. The van der Waals surface area contributed by atoms with Gasteiger partial charge in [0.05, 0.1) is 18.9 Å². The van der Waals surface area contributed by atoms with Gasteiger partial charge in [-0.15, -0.1) is 0 Å². The molecule has 3 rings (SSSR count). The van der Waals surface area contributed by atoms with Crippen LogP contribution in [-0.2, 0) is 4.74 Å². The van der Waals surface area contributed by atoms with Crippen LogP contribution in [-0.4, -0.2) is 65.9 Å². The molecule has 0 saturated carbocycles. The number of rotatable bonds is 3. The van der Waals surface area contributed by atoms with Gasteiger partial charge in [-0.3, -0.25) is 9.59 Å². The number of esters is 1. The first-order valence-corrected chi connectivity index (χ1v) is 8.33. The van der Waals surface area contributed by atoms with Gasteiger partial charge in [0.25, 0.3) is 11.8 Å². The smallest absolute Gasteiger partial charge is 0.339 e. The molecule has 0 unspecified atom stereocenters. The summed E-state index contributed by atoms with van der Waals surface area (Å²) in [6.07, 6.45) is 1.46. The number of methoxy groups -OCH3 is 1. The zero-order valence-electron chi connectivity index (χ0n) is 15.0. The summed E-state index contributed by atoms with van der Waals surface area (Å²) in [5, 5.41) is 0. The highest BCUT2D eigenvalue weighted by molar-refractivity contribution is 6.00. The Labute approximate surface area is 150 Å². The third-order valence-corrected chi connectivity index (χ3v) is 4.63. The summed E-state index contributed by atoms with van der Waals surface area (Å²) in [7, 11) is 1.31. The van der Waals surface area contributed by atoms with Crippen LogP contribution in [0.5, 0.6) is 0 Å². The van der Waals surface area contributed by atoms with E-state index in [0.29, 0.717) is 54.5 Å². The van der Waals surface area contributed by atoms with Crippen molar-refractivity contribution in [1.82, 2.24) is 14.8 Å². The highest BCUT2D eigenvalue weighted by atomic mass is 16.5. The fraction of sp³-hybridized carbons (Fsp3) is 0.389. The lowest BCUT2D eigenvalue weighted by Crippen LogP contribution is -2.50. The molecule has 0 radical (unpaired) electrons. The lowest BCUT2D eigenvalue weighted by Gasteiger charge is -2.34. The van der Waals surface area contributed by atoms with Gasteiger partial charge < -0.3 is 23.9 Å². The molecule has 26 heavy (non-hydrogen) atoms. The van der Waals surface area contributed by atoms with E-state index in [4.69, 9.17) is 9.15 Å². The summed E-state index contributed by atoms with van der Waals surface area (Å²) in [5.74, 6) is -0.541. The van der Waals surface area contributed by atoms with Gasteiger partial charge in [0.15, 0.2) is 5.76 Å². The molecule has 0 aromatic carbocycles. The number of aromatic amines is 1. The topological polar surface area (TPSA) is 95.9 Å². The molecule has 0 aliphatic carbocycles. The number of furan rings is 1.